The largest absolute Gasteiger partial charge is 0.497 e. The van der Waals surface area contributed by atoms with Crippen molar-refractivity contribution in [1.29, 1.82) is 0 Å². The maximum absolute atomic E-state index is 6.53. The molecule has 1 aliphatic carbocycles. The van der Waals surface area contributed by atoms with E-state index in [-0.39, 0.29) is 12.1 Å². The Labute approximate surface area is 209 Å². The van der Waals surface area contributed by atoms with Crippen LogP contribution in [0.5, 0.6) is 5.75 Å². The molecule has 0 radical (unpaired) electrons. The molecule has 1 aliphatic rings. The summed E-state index contributed by atoms with van der Waals surface area (Å²) in [6, 6.07) is 16.0. The Morgan fingerprint density at radius 2 is 2.03 bits per heavy atom. The summed E-state index contributed by atoms with van der Waals surface area (Å²) in [4.78, 5) is 4.62. The highest BCUT2D eigenvalue weighted by Gasteiger charge is 2.24. The van der Waals surface area contributed by atoms with Gasteiger partial charge < -0.3 is 21.5 Å². The van der Waals surface area contributed by atoms with Gasteiger partial charge in [-0.15, -0.1) is 0 Å². The van der Waals surface area contributed by atoms with Gasteiger partial charge in [0.2, 0.25) is 0 Å². The van der Waals surface area contributed by atoms with Gasteiger partial charge in [-0.3, -0.25) is 0 Å². The number of aryl methyl sites for hydroxylation is 1. The smallest absolute Gasteiger partial charge is 0.135 e. The van der Waals surface area contributed by atoms with Gasteiger partial charge in [-0.2, -0.15) is 5.10 Å². The van der Waals surface area contributed by atoms with Gasteiger partial charge in [0.25, 0.3) is 0 Å². The second-order valence-electron chi connectivity index (χ2n) is 9.04. The minimum atomic E-state index is 0.201. The lowest BCUT2D eigenvalue weighted by Gasteiger charge is -2.18. The molecule has 2 aromatic heterocycles. The molecule has 0 saturated heterocycles. The third-order valence-corrected chi connectivity index (χ3v) is 6.89. The van der Waals surface area contributed by atoms with Crippen molar-refractivity contribution < 1.29 is 4.74 Å². The number of hydrogen-bond acceptors (Lipinski definition) is 5. The second kappa shape index (κ2) is 9.60. The monoisotopic (exact) mass is 488 g/mol. The SMILES string of the molecule is COc1ccc(-c2cc3c(N[C@@H]4CC[C@H](N)C4)c(/C(N)=N/c4ccccc4Cl)cnn3c2)c(C)c1. The lowest BCUT2D eigenvalue weighted by atomic mass is 10.0. The maximum Gasteiger partial charge on any atom is 0.135 e. The summed E-state index contributed by atoms with van der Waals surface area (Å²) < 4.78 is 7.25. The number of ether oxygens (including phenoxy) is 1. The minimum absolute atomic E-state index is 0.201. The van der Waals surface area contributed by atoms with E-state index < -0.39 is 0 Å². The lowest BCUT2D eigenvalue weighted by Crippen LogP contribution is -2.24. The summed E-state index contributed by atoms with van der Waals surface area (Å²) in [5, 5.41) is 8.91. The number of anilines is 1. The average molecular weight is 489 g/mol. The number of aromatic nitrogens is 2. The number of halogens is 1. The molecular formula is C27H29ClN6O. The van der Waals surface area contributed by atoms with Crippen molar-refractivity contribution in [2.75, 3.05) is 12.4 Å². The van der Waals surface area contributed by atoms with E-state index in [9.17, 15) is 0 Å². The van der Waals surface area contributed by atoms with Gasteiger partial charge in [0.05, 0.1) is 40.8 Å². The average Bonchev–Trinajstić information content (AvgIpc) is 3.46. The first-order chi connectivity index (χ1) is 16.9. The van der Waals surface area contributed by atoms with Crippen molar-refractivity contribution in [3.8, 4) is 16.9 Å². The standard InChI is InChI=1S/C27H29ClN6O/c1-16-11-20(35-2)9-10-21(16)17-12-25-26(32-19-8-7-18(29)13-19)22(14-31-34(25)15-17)27(30)33-24-6-4-3-5-23(24)28/h3-6,9-12,14-15,18-19,32H,7-8,13,29H2,1-2H3,(H2,30,33)/t18-,19+/m0/s1. The molecule has 0 bridgehead atoms. The summed E-state index contributed by atoms with van der Waals surface area (Å²) in [6.45, 7) is 2.08. The van der Waals surface area contributed by atoms with Crippen LogP contribution in [0.2, 0.25) is 5.02 Å². The van der Waals surface area contributed by atoms with Crippen LogP contribution in [0.4, 0.5) is 11.4 Å². The summed E-state index contributed by atoms with van der Waals surface area (Å²) in [5.74, 6) is 1.18. The number of benzene rings is 2. The van der Waals surface area contributed by atoms with Gasteiger partial charge in [-0.05, 0) is 67.6 Å². The molecule has 4 aromatic rings. The second-order valence-corrected chi connectivity index (χ2v) is 9.44. The number of para-hydroxylation sites is 1. The van der Waals surface area contributed by atoms with Crippen LogP contribution in [0.15, 0.2) is 65.9 Å². The number of fused-ring (bicyclic) bond motifs is 1. The number of hydrogen-bond donors (Lipinski definition) is 3. The number of aliphatic imine (C=N–C) groups is 1. The fourth-order valence-electron chi connectivity index (χ4n) is 4.72. The zero-order chi connectivity index (χ0) is 24.5. The van der Waals surface area contributed by atoms with Gasteiger partial charge in [-0.25, -0.2) is 9.51 Å². The van der Waals surface area contributed by atoms with E-state index in [1.54, 1.807) is 19.4 Å². The van der Waals surface area contributed by atoms with Crippen LogP contribution in [-0.4, -0.2) is 34.6 Å². The van der Waals surface area contributed by atoms with E-state index in [0.29, 0.717) is 16.5 Å². The topological polar surface area (TPSA) is 103 Å². The van der Waals surface area contributed by atoms with Crippen molar-refractivity contribution in [2.45, 2.75) is 38.3 Å². The lowest BCUT2D eigenvalue weighted by molar-refractivity contribution is 0.414. The van der Waals surface area contributed by atoms with E-state index >= 15 is 0 Å². The quantitative estimate of drug-likeness (QED) is 0.252. The van der Waals surface area contributed by atoms with Gasteiger partial charge in [0.1, 0.15) is 11.6 Å². The van der Waals surface area contributed by atoms with Crippen molar-refractivity contribution in [2.24, 2.45) is 16.5 Å². The molecule has 0 spiro atoms. The Bertz CT molecular complexity index is 1410. The first-order valence-corrected chi connectivity index (χ1v) is 12.1. The first-order valence-electron chi connectivity index (χ1n) is 11.7. The summed E-state index contributed by atoms with van der Waals surface area (Å²) in [7, 11) is 1.67. The third kappa shape index (κ3) is 4.70. The predicted octanol–water partition coefficient (Wildman–Crippen LogP) is 5.30. The van der Waals surface area contributed by atoms with Gasteiger partial charge >= 0.3 is 0 Å². The van der Waals surface area contributed by atoms with E-state index in [4.69, 9.17) is 27.8 Å². The Kier molecular flexibility index (Phi) is 6.36. The van der Waals surface area contributed by atoms with E-state index in [1.165, 1.54) is 0 Å². The molecule has 5 rings (SSSR count). The molecule has 2 aromatic carbocycles. The van der Waals surface area contributed by atoms with Gasteiger partial charge in [0, 0.05) is 23.8 Å². The summed E-state index contributed by atoms with van der Waals surface area (Å²) in [6.07, 6.45) is 6.68. The third-order valence-electron chi connectivity index (χ3n) is 6.57. The van der Waals surface area contributed by atoms with Crippen LogP contribution in [0.25, 0.3) is 16.6 Å². The number of methoxy groups -OCH3 is 1. The van der Waals surface area contributed by atoms with Crippen molar-refractivity contribution >= 4 is 34.3 Å². The predicted molar refractivity (Wildman–Crippen MR) is 143 cm³/mol. The van der Waals surface area contributed by atoms with E-state index in [1.807, 2.05) is 41.0 Å². The Balaban J connectivity index is 1.63. The van der Waals surface area contributed by atoms with Crippen LogP contribution < -0.4 is 21.5 Å². The van der Waals surface area contributed by atoms with Gasteiger partial charge in [-0.1, -0.05) is 29.8 Å². The van der Waals surface area contributed by atoms with Crippen molar-refractivity contribution in [3.05, 3.63) is 77.1 Å². The minimum Gasteiger partial charge on any atom is -0.497 e. The normalized spacial score (nSPS) is 18.2. The fraction of sp³-hybridized carbons (Fsp3) is 0.259. The molecule has 5 N–H and O–H groups in total. The number of nitrogens with two attached hydrogens (primary N) is 2. The Morgan fingerprint density at radius 1 is 1.20 bits per heavy atom. The number of nitrogens with one attached hydrogen (secondary N) is 1. The molecule has 35 heavy (non-hydrogen) atoms. The van der Waals surface area contributed by atoms with Crippen LogP contribution in [0.3, 0.4) is 0 Å². The maximum atomic E-state index is 6.53. The van der Waals surface area contributed by atoms with Crippen LogP contribution in [0.1, 0.15) is 30.4 Å². The van der Waals surface area contributed by atoms with E-state index in [2.05, 4.69) is 34.5 Å². The van der Waals surface area contributed by atoms with E-state index in [0.717, 1.165) is 58.5 Å². The molecule has 0 amide bonds. The molecule has 0 unspecified atom stereocenters. The van der Waals surface area contributed by atoms with Crippen LogP contribution >= 0.6 is 11.6 Å². The first kappa shape index (κ1) is 23.2. The highest BCUT2D eigenvalue weighted by Crippen LogP contribution is 2.34. The highest BCUT2D eigenvalue weighted by atomic mass is 35.5. The van der Waals surface area contributed by atoms with Crippen LogP contribution in [0, 0.1) is 6.92 Å². The zero-order valence-corrected chi connectivity index (χ0v) is 20.6. The van der Waals surface area contributed by atoms with Gasteiger partial charge in [0.15, 0.2) is 0 Å². The molecule has 7 nitrogen and oxygen atoms in total. The Morgan fingerprint density at radius 3 is 2.74 bits per heavy atom. The fourth-order valence-corrected chi connectivity index (χ4v) is 4.90. The molecule has 0 aliphatic heterocycles. The Hall–Kier alpha value is -3.55. The summed E-state index contributed by atoms with van der Waals surface area (Å²) in [5.41, 5.74) is 19.2. The van der Waals surface area contributed by atoms with Crippen molar-refractivity contribution in [1.82, 2.24) is 9.61 Å². The number of amidine groups is 1. The zero-order valence-electron chi connectivity index (χ0n) is 19.8. The molecule has 1 saturated carbocycles. The highest BCUT2D eigenvalue weighted by molar-refractivity contribution is 6.33. The molecular weight excluding hydrogens is 460 g/mol. The number of nitrogens with zero attached hydrogens (tertiary/aromatic N) is 3. The van der Waals surface area contributed by atoms with Crippen LogP contribution in [-0.2, 0) is 0 Å². The molecule has 2 heterocycles. The molecule has 8 heteroatoms. The number of rotatable bonds is 6. The molecule has 180 valence electrons. The van der Waals surface area contributed by atoms with Crippen molar-refractivity contribution in [3.63, 3.8) is 0 Å². The molecule has 2 atom stereocenters. The summed E-state index contributed by atoms with van der Waals surface area (Å²) >= 11 is 6.33. The molecule has 1 fully saturated rings.